The Morgan fingerprint density at radius 2 is 0.609 bits per heavy atom. The number of carbonyl (C=O) groups excluding carboxylic acids is 2. The zero-order chi connectivity index (χ0) is 46.3. The summed E-state index contributed by atoms with van der Waals surface area (Å²) < 4.78 is 17.5. The molecule has 64 heavy (non-hydrogen) atoms. The molecule has 0 bridgehead atoms. The molecule has 0 rings (SSSR count). The highest BCUT2D eigenvalue weighted by Gasteiger charge is 2.17. The second-order valence-corrected chi connectivity index (χ2v) is 19.9. The van der Waals surface area contributed by atoms with Crippen molar-refractivity contribution in [1.82, 2.24) is 0 Å². The van der Waals surface area contributed by atoms with Crippen molar-refractivity contribution in [2.75, 3.05) is 19.8 Å². The third-order valence-corrected chi connectivity index (χ3v) is 13.3. The zero-order valence-electron chi connectivity index (χ0n) is 43.8. The standard InChI is InChI=1S/C59H114O5/c1-4-7-10-13-16-19-22-25-28-30-32-34-37-40-43-46-49-52-58(60)63-56-57(55-62-54-51-48-45-42-39-36-27-24-21-18-15-12-9-6-3)64-59(61)53-50-47-44-41-38-35-33-31-29-26-23-20-17-14-11-8-5-2/h25,28,57H,4-24,26-27,29-56H2,1-3H3/b28-25-. The lowest BCUT2D eigenvalue weighted by Crippen LogP contribution is -2.30. The first-order valence-electron chi connectivity index (χ1n) is 29.2. The van der Waals surface area contributed by atoms with E-state index in [1.165, 1.54) is 263 Å². The monoisotopic (exact) mass is 903 g/mol. The van der Waals surface area contributed by atoms with Crippen LogP contribution in [0.15, 0.2) is 12.2 Å². The molecule has 0 radical (unpaired) electrons. The van der Waals surface area contributed by atoms with Crippen LogP contribution in [0, 0.1) is 0 Å². The molecule has 0 spiro atoms. The molecular formula is C59H114O5. The number of hydrogen-bond donors (Lipinski definition) is 0. The zero-order valence-corrected chi connectivity index (χ0v) is 43.8. The molecule has 0 aliphatic rings. The van der Waals surface area contributed by atoms with E-state index >= 15 is 0 Å². The highest BCUT2D eigenvalue weighted by Crippen LogP contribution is 2.17. The Morgan fingerprint density at radius 1 is 0.328 bits per heavy atom. The van der Waals surface area contributed by atoms with Crippen LogP contribution in [0.3, 0.4) is 0 Å². The number of esters is 2. The van der Waals surface area contributed by atoms with Gasteiger partial charge in [-0.2, -0.15) is 0 Å². The fourth-order valence-electron chi connectivity index (χ4n) is 8.92. The van der Waals surface area contributed by atoms with Gasteiger partial charge < -0.3 is 14.2 Å². The second kappa shape index (κ2) is 56.0. The van der Waals surface area contributed by atoms with Crippen LogP contribution in [0.25, 0.3) is 0 Å². The van der Waals surface area contributed by atoms with Gasteiger partial charge >= 0.3 is 11.9 Å². The van der Waals surface area contributed by atoms with Crippen molar-refractivity contribution < 1.29 is 23.8 Å². The van der Waals surface area contributed by atoms with E-state index < -0.39 is 6.10 Å². The van der Waals surface area contributed by atoms with E-state index in [1.54, 1.807) is 0 Å². The van der Waals surface area contributed by atoms with E-state index in [9.17, 15) is 9.59 Å². The highest BCUT2D eigenvalue weighted by molar-refractivity contribution is 5.70. The molecule has 0 saturated carbocycles. The van der Waals surface area contributed by atoms with Crippen LogP contribution in [0.2, 0.25) is 0 Å². The lowest BCUT2D eigenvalue weighted by Gasteiger charge is -2.18. The van der Waals surface area contributed by atoms with Crippen LogP contribution in [0.5, 0.6) is 0 Å². The number of ether oxygens (including phenoxy) is 3. The smallest absolute Gasteiger partial charge is 0.306 e. The Kier molecular flexibility index (Phi) is 54.8. The van der Waals surface area contributed by atoms with Gasteiger partial charge in [0.25, 0.3) is 0 Å². The predicted octanol–water partition coefficient (Wildman–Crippen LogP) is 19.8. The molecule has 1 unspecified atom stereocenters. The third kappa shape index (κ3) is 53.3. The van der Waals surface area contributed by atoms with Crippen molar-refractivity contribution in [3.8, 4) is 0 Å². The van der Waals surface area contributed by atoms with Gasteiger partial charge in [-0.3, -0.25) is 9.59 Å². The first-order valence-corrected chi connectivity index (χ1v) is 29.2. The molecule has 0 fully saturated rings. The molecule has 0 N–H and O–H groups in total. The summed E-state index contributed by atoms with van der Waals surface area (Å²) in [5.41, 5.74) is 0. The number of hydrogen-bond acceptors (Lipinski definition) is 5. The van der Waals surface area contributed by atoms with Crippen LogP contribution in [-0.4, -0.2) is 37.9 Å². The summed E-state index contributed by atoms with van der Waals surface area (Å²) in [5.74, 6) is -0.375. The van der Waals surface area contributed by atoms with Gasteiger partial charge in [0.1, 0.15) is 6.61 Å². The Morgan fingerprint density at radius 3 is 0.953 bits per heavy atom. The Labute approximate surface area is 401 Å². The molecule has 5 heteroatoms. The average molecular weight is 904 g/mol. The third-order valence-electron chi connectivity index (χ3n) is 13.3. The molecule has 0 aromatic carbocycles. The summed E-state index contributed by atoms with van der Waals surface area (Å²) in [6.45, 7) is 7.91. The van der Waals surface area contributed by atoms with Crippen molar-refractivity contribution >= 4 is 11.9 Å². The van der Waals surface area contributed by atoms with Crippen molar-refractivity contribution in [3.05, 3.63) is 12.2 Å². The summed E-state index contributed by atoms with van der Waals surface area (Å²) >= 11 is 0. The summed E-state index contributed by atoms with van der Waals surface area (Å²) in [6.07, 6.45) is 65.1. The fourth-order valence-corrected chi connectivity index (χ4v) is 8.92. The van der Waals surface area contributed by atoms with Gasteiger partial charge in [-0.25, -0.2) is 0 Å². The summed E-state index contributed by atoms with van der Waals surface area (Å²) in [4.78, 5) is 25.5. The average Bonchev–Trinajstić information content (AvgIpc) is 3.30. The molecule has 0 amide bonds. The highest BCUT2D eigenvalue weighted by atomic mass is 16.6. The van der Waals surface area contributed by atoms with E-state index in [1.807, 2.05) is 0 Å². The van der Waals surface area contributed by atoms with Crippen molar-refractivity contribution in [2.24, 2.45) is 0 Å². The first-order chi connectivity index (χ1) is 31.6. The maximum absolute atomic E-state index is 12.9. The topological polar surface area (TPSA) is 61.8 Å². The van der Waals surface area contributed by atoms with Crippen LogP contribution in [0.1, 0.15) is 329 Å². The van der Waals surface area contributed by atoms with Crippen LogP contribution in [0.4, 0.5) is 0 Å². The predicted molar refractivity (Wildman–Crippen MR) is 279 cm³/mol. The minimum absolute atomic E-state index is 0.0930. The van der Waals surface area contributed by atoms with E-state index in [-0.39, 0.29) is 18.5 Å². The molecule has 0 aliphatic heterocycles. The minimum atomic E-state index is -0.528. The number of unbranched alkanes of at least 4 members (excludes halogenated alkanes) is 42. The molecule has 5 nitrogen and oxygen atoms in total. The van der Waals surface area contributed by atoms with E-state index in [0.29, 0.717) is 26.1 Å². The molecule has 0 aliphatic carbocycles. The van der Waals surface area contributed by atoms with Gasteiger partial charge in [0.15, 0.2) is 6.10 Å². The summed E-state index contributed by atoms with van der Waals surface area (Å²) in [6, 6.07) is 0. The maximum Gasteiger partial charge on any atom is 0.306 e. The molecule has 0 saturated heterocycles. The Balaban J connectivity index is 4.20. The summed E-state index contributed by atoms with van der Waals surface area (Å²) in [5, 5.41) is 0. The number of allylic oxidation sites excluding steroid dienone is 2. The molecule has 1 atom stereocenters. The van der Waals surface area contributed by atoms with Gasteiger partial charge in [0, 0.05) is 19.4 Å². The maximum atomic E-state index is 12.9. The molecule has 0 heterocycles. The lowest BCUT2D eigenvalue weighted by atomic mass is 10.0. The van der Waals surface area contributed by atoms with Crippen LogP contribution >= 0.6 is 0 Å². The Bertz CT molecular complexity index is 932. The van der Waals surface area contributed by atoms with Crippen molar-refractivity contribution in [1.29, 1.82) is 0 Å². The second-order valence-electron chi connectivity index (χ2n) is 19.9. The van der Waals surface area contributed by atoms with E-state index in [4.69, 9.17) is 14.2 Å². The number of carbonyl (C=O) groups is 2. The van der Waals surface area contributed by atoms with Gasteiger partial charge in [-0.15, -0.1) is 0 Å². The fraction of sp³-hybridized carbons (Fsp3) is 0.932. The van der Waals surface area contributed by atoms with Gasteiger partial charge in [0.05, 0.1) is 6.61 Å². The minimum Gasteiger partial charge on any atom is -0.462 e. The Hall–Kier alpha value is -1.36. The van der Waals surface area contributed by atoms with Gasteiger partial charge in [0.2, 0.25) is 0 Å². The first kappa shape index (κ1) is 62.6. The van der Waals surface area contributed by atoms with Gasteiger partial charge in [-0.05, 0) is 44.9 Å². The molecular weight excluding hydrogens is 789 g/mol. The normalized spacial score (nSPS) is 12.1. The van der Waals surface area contributed by atoms with Gasteiger partial charge in [-0.1, -0.05) is 283 Å². The quantitative estimate of drug-likeness (QED) is 0.0346. The largest absolute Gasteiger partial charge is 0.462 e. The summed E-state index contributed by atoms with van der Waals surface area (Å²) in [7, 11) is 0. The van der Waals surface area contributed by atoms with Crippen molar-refractivity contribution in [2.45, 2.75) is 335 Å². The van der Waals surface area contributed by atoms with E-state index in [0.717, 1.165) is 32.1 Å². The van der Waals surface area contributed by atoms with Crippen LogP contribution in [-0.2, 0) is 23.8 Å². The van der Waals surface area contributed by atoms with E-state index in [2.05, 4.69) is 32.9 Å². The lowest BCUT2D eigenvalue weighted by molar-refractivity contribution is -0.163. The number of rotatable bonds is 55. The molecule has 380 valence electrons. The van der Waals surface area contributed by atoms with Crippen molar-refractivity contribution in [3.63, 3.8) is 0 Å². The molecule has 0 aromatic rings. The van der Waals surface area contributed by atoms with Crippen LogP contribution < -0.4 is 0 Å². The molecule has 0 aromatic heterocycles. The SMILES string of the molecule is CCCCCCCC/C=C\CCCCCCCCCC(=O)OCC(COCCCCCCCCCCCCCCCC)OC(=O)CCCCCCCCCCCCCCCCCCC.